The molecule has 5 nitrogen and oxygen atoms in total. The Morgan fingerprint density at radius 2 is 2.13 bits per heavy atom. The van der Waals surface area contributed by atoms with E-state index in [-0.39, 0.29) is 24.4 Å². The number of carbonyl (C=O) groups excluding carboxylic acids is 1. The Morgan fingerprint density at radius 3 is 2.78 bits per heavy atom. The molecule has 0 aliphatic carbocycles. The van der Waals surface area contributed by atoms with E-state index in [9.17, 15) is 4.79 Å². The first-order valence-corrected chi connectivity index (χ1v) is 7.92. The molecule has 2 N–H and O–H groups in total. The van der Waals surface area contributed by atoms with Crippen molar-refractivity contribution in [2.45, 2.75) is 25.8 Å². The number of aromatic nitrogens is 2. The van der Waals surface area contributed by atoms with Crippen molar-refractivity contribution in [2.75, 3.05) is 19.6 Å². The van der Waals surface area contributed by atoms with E-state index in [0.717, 1.165) is 43.7 Å². The molecule has 1 unspecified atom stereocenters. The summed E-state index contributed by atoms with van der Waals surface area (Å²) in [5, 5.41) is 10.5. The molecule has 2 aromatic rings. The Kier molecular flexibility index (Phi) is 6.19. The Bertz CT molecular complexity index is 623. The summed E-state index contributed by atoms with van der Waals surface area (Å²) < 4.78 is 0. The zero-order valence-electron chi connectivity index (χ0n) is 13.3. The molecular weight excluding hydrogens is 312 g/mol. The van der Waals surface area contributed by atoms with Gasteiger partial charge in [-0.15, -0.1) is 12.4 Å². The third kappa shape index (κ3) is 3.92. The number of H-pyrrole nitrogens is 1. The maximum Gasteiger partial charge on any atom is 0.272 e. The predicted molar refractivity (Wildman–Crippen MR) is 93.9 cm³/mol. The van der Waals surface area contributed by atoms with Crippen LogP contribution in [-0.4, -0.2) is 46.7 Å². The standard InChI is InChI=1S/C17H22N4O.ClH/c1-2-10-21(14-8-9-18-12-14)17(22)16-11-15(19-20-16)13-6-4-3-5-7-13;/h3-7,11,14,18H,2,8-10,12H2,1H3,(H,19,20);1H. The minimum Gasteiger partial charge on any atom is -0.333 e. The lowest BCUT2D eigenvalue weighted by molar-refractivity contribution is 0.0686. The van der Waals surface area contributed by atoms with Gasteiger partial charge in [0.15, 0.2) is 0 Å². The molecule has 23 heavy (non-hydrogen) atoms. The highest BCUT2D eigenvalue weighted by Gasteiger charge is 2.27. The molecule has 3 rings (SSSR count). The second-order valence-electron chi connectivity index (χ2n) is 5.68. The second kappa shape index (κ2) is 8.13. The highest BCUT2D eigenvalue weighted by molar-refractivity contribution is 5.93. The van der Waals surface area contributed by atoms with E-state index in [1.54, 1.807) is 0 Å². The number of rotatable bonds is 5. The molecule has 0 bridgehead atoms. The quantitative estimate of drug-likeness (QED) is 0.883. The van der Waals surface area contributed by atoms with Gasteiger partial charge >= 0.3 is 0 Å². The predicted octanol–water partition coefficient (Wildman–Crippen LogP) is 2.71. The first-order valence-electron chi connectivity index (χ1n) is 7.92. The van der Waals surface area contributed by atoms with Crippen molar-refractivity contribution in [1.82, 2.24) is 20.4 Å². The molecule has 1 fully saturated rings. The SMILES string of the molecule is CCCN(C(=O)c1cc(-c2ccccc2)n[nH]1)C1CCNC1.Cl. The zero-order chi connectivity index (χ0) is 15.4. The number of carbonyl (C=O) groups is 1. The van der Waals surface area contributed by atoms with Gasteiger partial charge in [0.25, 0.3) is 5.91 Å². The van der Waals surface area contributed by atoms with Crippen LogP contribution >= 0.6 is 12.4 Å². The van der Waals surface area contributed by atoms with Crippen LogP contribution in [0, 0.1) is 0 Å². The summed E-state index contributed by atoms with van der Waals surface area (Å²) in [6.45, 7) is 4.75. The van der Waals surface area contributed by atoms with Gasteiger partial charge in [0.1, 0.15) is 5.69 Å². The fraction of sp³-hybridized carbons (Fsp3) is 0.412. The van der Waals surface area contributed by atoms with Gasteiger partial charge in [-0.2, -0.15) is 5.10 Å². The smallest absolute Gasteiger partial charge is 0.272 e. The van der Waals surface area contributed by atoms with Crippen molar-refractivity contribution < 1.29 is 4.79 Å². The van der Waals surface area contributed by atoms with Crippen molar-refractivity contribution in [3.63, 3.8) is 0 Å². The number of nitrogens with zero attached hydrogens (tertiary/aromatic N) is 2. The van der Waals surface area contributed by atoms with Gasteiger partial charge in [0.05, 0.1) is 5.69 Å². The topological polar surface area (TPSA) is 61.0 Å². The zero-order valence-corrected chi connectivity index (χ0v) is 14.1. The molecule has 1 aromatic carbocycles. The molecule has 0 spiro atoms. The summed E-state index contributed by atoms with van der Waals surface area (Å²) in [7, 11) is 0. The molecule has 1 atom stereocenters. The molecule has 1 aromatic heterocycles. The number of aromatic amines is 1. The maximum absolute atomic E-state index is 12.8. The Hall–Kier alpha value is -1.85. The molecule has 0 radical (unpaired) electrons. The van der Waals surface area contributed by atoms with Gasteiger partial charge in [-0.05, 0) is 25.5 Å². The molecular formula is C17H23ClN4O. The number of amides is 1. The van der Waals surface area contributed by atoms with Crippen molar-refractivity contribution >= 4 is 18.3 Å². The molecule has 6 heteroatoms. The van der Waals surface area contributed by atoms with Crippen LogP contribution in [-0.2, 0) is 0 Å². The van der Waals surface area contributed by atoms with Crippen LogP contribution in [0.1, 0.15) is 30.3 Å². The summed E-state index contributed by atoms with van der Waals surface area (Å²) in [6.07, 6.45) is 1.98. The van der Waals surface area contributed by atoms with Crippen LogP contribution in [0.2, 0.25) is 0 Å². The van der Waals surface area contributed by atoms with E-state index in [1.807, 2.05) is 41.3 Å². The van der Waals surface area contributed by atoms with Crippen molar-refractivity contribution in [1.29, 1.82) is 0 Å². The fourth-order valence-electron chi connectivity index (χ4n) is 2.94. The lowest BCUT2D eigenvalue weighted by Crippen LogP contribution is -2.42. The van der Waals surface area contributed by atoms with Crippen LogP contribution in [0.25, 0.3) is 11.3 Å². The van der Waals surface area contributed by atoms with Crippen LogP contribution in [0.3, 0.4) is 0 Å². The minimum atomic E-state index is 0. The van der Waals surface area contributed by atoms with Crippen LogP contribution in [0.15, 0.2) is 36.4 Å². The van der Waals surface area contributed by atoms with E-state index in [2.05, 4.69) is 22.4 Å². The third-order valence-corrected chi connectivity index (χ3v) is 4.08. The first kappa shape index (κ1) is 17.5. The molecule has 0 saturated carbocycles. The summed E-state index contributed by atoms with van der Waals surface area (Å²) in [4.78, 5) is 14.8. The van der Waals surface area contributed by atoms with E-state index in [0.29, 0.717) is 5.69 Å². The monoisotopic (exact) mass is 334 g/mol. The van der Waals surface area contributed by atoms with Crippen LogP contribution < -0.4 is 5.32 Å². The number of hydrogen-bond acceptors (Lipinski definition) is 3. The van der Waals surface area contributed by atoms with Crippen LogP contribution in [0.5, 0.6) is 0 Å². The molecule has 2 heterocycles. The Labute approximate surface area is 142 Å². The van der Waals surface area contributed by atoms with Gasteiger partial charge in [0, 0.05) is 24.7 Å². The third-order valence-electron chi connectivity index (χ3n) is 4.08. The van der Waals surface area contributed by atoms with E-state index in [1.165, 1.54) is 0 Å². The Morgan fingerprint density at radius 1 is 1.35 bits per heavy atom. The van der Waals surface area contributed by atoms with Gasteiger partial charge in [-0.25, -0.2) is 0 Å². The fourth-order valence-corrected chi connectivity index (χ4v) is 2.94. The van der Waals surface area contributed by atoms with Gasteiger partial charge in [-0.3, -0.25) is 9.89 Å². The highest BCUT2D eigenvalue weighted by Crippen LogP contribution is 2.19. The molecule has 1 aliphatic rings. The molecule has 1 amide bonds. The van der Waals surface area contributed by atoms with Gasteiger partial charge < -0.3 is 10.2 Å². The number of halogens is 1. The van der Waals surface area contributed by atoms with Gasteiger partial charge in [-0.1, -0.05) is 37.3 Å². The molecule has 124 valence electrons. The van der Waals surface area contributed by atoms with Crippen LogP contribution in [0.4, 0.5) is 0 Å². The molecule has 1 saturated heterocycles. The average molecular weight is 335 g/mol. The minimum absolute atomic E-state index is 0. The lowest BCUT2D eigenvalue weighted by Gasteiger charge is -2.27. The summed E-state index contributed by atoms with van der Waals surface area (Å²) >= 11 is 0. The number of hydrogen-bond donors (Lipinski definition) is 2. The first-order chi connectivity index (χ1) is 10.8. The molecule has 1 aliphatic heterocycles. The number of nitrogens with one attached hydrogen (secondary N) is 2. The van der Waals surface area contributed by atoms with Gasteiger partial charge in [0.2, 0.25) is 0 Å². The van der Waals surface area contributed by atoms with E-state index >= 15 is 0 Å². The van der Waals surface area contributed by atoms with Crippen molar-refractivity contribution in [3.8, 4) is 11.3 Å². The van der Waals surface area contributed by atoms with E-state index in [4.69, 9.17) is 0 Å². The average Bonchev–Trinajstić information content (AvgIpc) is 3.24. The van der Waals surface area contributed by atoms with E-state index < -0.39 is 0 Å². The Balaban J connectivity index is 0.00000192. The number of benzene rings is 1. The highest BCUT2D eigenvalue weighted by atomic mass is 35.5. The summed E-state index contributed by atoms with van der Waals surface area (Å²) in [5.74, 6) is 0.0465. The summed E-state index contributed by atoms with van der Waals surface area (Å²) in [5.41, 5.74) is 2.39. The second-order valence-corrected chi connectivity index (χ2v) is 5.68. The largest absolute Gasteiger partial charge is 0.333 e. The van der Waals surface area contributed by atoms with Crippen molar-refractivity contribution in [3.05, 3.63) is 42.1 Å². The van der Waals surface area contributed by atoms with Crippen molar-refractivity contribution in [2.24, 2.45) is 0 Å². The summed E-state index contributed by atoms with van der Waals surface area (Å²) in [6, 6.07) is 12.0. The normalized spacial score (nSPS) is 16.8. The lowest BCUT2D eigenvalue weighted by atomic mass is 10.1. The maximum atomic E-state index is 12.8.